The van der Waals surface area contributed by atoms with Gasteiger partial charge < -0.3 is 5.73 Å². The number of amides is 2. The molecule has 1 atom stereocenters. The maximum atomic E-state index is 11.3. The lowest BCUT2D eigenvalue weighted by molar-refractivity contribution is -0.122. The molecular formula is C14H15N3O2. The molecule has 3 rings (SSSR count). The normalized spacial score (nSPS) is 20.9. The Kier molecular flexibility index (Phi) is 2.81. The van der Waals surface area contributed by atoms with Crippen molar-refractivity contribution in [2.24, 2.45) is 16.8 Å². The summed E-state index contributed by atoms with van der Waals surface area (Å²) < 4.78 is 0. The maximum absolute atomic E-state index is 11.3. The molecule has 19 heavy (non-hydrogen) atoms. The summed E-state index contributed by atoms with van der Waals surface area (Å²) in [5.74, 6) is -0.110. The molecule has 3 N–H and O–H groups in total. The van der Waals surface area contributed by atoms with E-state index in [2.05, 4.69) is 10.5 Å². The number of nitrogens with two attached hydrogens (primary N) is 1. The molecule has 1 aromatic rings. The van der Waals surface area contributed by atoms with Crippen molar-refractivity contribution in [3.63, 3.8) is 0 Å². The molecule has 1 aliphatic heterocycles. The number of nitrogens with one attached hydrogen (secondary N) is 1. The molecule has 0 aromatic heterocycles. The number of carbonyl (C=O) groups is 2. The van der Waals surface area contributed by atoms with E-state index in [0.717, 1.165) is 29.7 Å². The van der Waals surface area contributed by atoms with Crippen molar-refractivity contribution in [3.8, 4) is 0 Å². The van der Waals surface area contributed by atoms with Crippen molar-refractivity contribution in [1.82, 2.24) is 5.43 Å². The van der Waals surface area contributed by atoms with Crippen LogP contribution in [0.4, 0.5) is 0 Å². The monoisotopic (exact) mass is 257 g/mol. The van der Waals surface area contributed by atoms with Gasteiger partial charge in [0.25, 0.3) is 0 Å². The van der Waals surface area contributed by atoms with Gasteiger partial charge in [0.05, 0.1) is 12.1 Å². The van der Waals surface area contributed by atoms with Crippen molar-refractivity contribution in [2.45, 2.75) is 25.7 Å². The number of hydrogen-bond donors (Lipinski definition) is 2. The van der Waals surface area contributed by atoms with Gasteiger partial charge in [-0.25, -0.2) is 5.43 Å². The zero-order chi connectivity index (χ0) is 13.4. The summed E-state index contributed by atoms with van der Waals surface area (Å²) in [6, 6.07) is 5.91. The first-order chi connectivity index (χ1) is 9.13. The van der Waals surface area contributed by atoms with E-state index in [1.807, 2.05) is 18.2 Å². The molecule has 1 heterocycles. The van der Waals surface area contributed by atoms with Gasteiger partial charge in [-0.3, -0.25) is 9.59 Å². The predicted octanol–water partition coefficient (Wildman–Crippen LogP) is 0.501. The standard InChI is InChI=1S/C14H15N3O2/c15-12(18)6-8-1-4-11-9(5-8)2-3-10-7-13(19)16-17-14(10)11/h1,4-5,10H,2-3,6-7H2,(H2,15,18)(H,16,19). The van der Waals surface area contributed by atoms with Crippen LogP contribution in [0.5, 0.6) is 0 Å². The number of aryl methyl sites for hydroxylation is 1. The van der Waals surface area contributed by atoms with Gasteiger partial charge in [-0.15, -0.1) is 0 Å². The summed E-state index contributed by atoms with van der Waals surface area (Å²) in [4.78, 5) is 22.3. The summed E-state index contributed by atoms with van der Waals surface area (Å²) in [7, 11) is 0. The average molecular weight is 257 g/mol. The van der Waals surface area contributed by atoms with E-state index in [9.17, 15) is 9.59 Å². The van der Waals surface area contributed by atoms with E-state index in [4.69, 9.17) is 5.73 Å². The molecule has 2 aliphatic rings. The molecule has 0 bridgehead atoms. The van der Waals surface area contributed by atoms with Crippen molar-refractivity contribution < 1.29 is 9.59 Å². The van der Waals surface area contributed by atoms with E-state index in [1.165, 1.54) is 5.56 Å². The van der Waals surface area contributed by atoms with E-state index in [0.29, 0.717) is 6.42 Å². The van der Waals surface area contributed by atoms with Crippen LogP contribution in [0.1, 0.15) is 29.5 Å². The Bertz CT molecular complexity index is 592. The quantitative estimate of drug-likeness (QED) is 0.808. The largest absolute Gasteiger partial charge is 0.369 e. The Hall–Kier alpha value is -2.17. The summed E-state index contributed by atoms with van der Waals surface area (Å²) >= 11 is 0. The highest BCUT2D eigenvalue weighted by Crippen LogP contribution is 2.30. The number of primary amides is 1. The van der Waals surface area contributed by atoms with E-state index < -0.39 is 0 Å². The van der Waals surface area contributed by atoms with E-state index >= 15 is 0 Å². The molecule has 5 heteroatoms. The van der Waals surface area contributed by atoms with Crippen molar-refractivity contribution in [1.29, 1.82) is 0 Å². The minimum Gasteiger partial charge on any atom is -0.369 e. The molecule has 0 saturated heterocycles. The smallest absolute Gasteiger partial charge is 0.240 e. The molecule has 2 amide bonds. The molecule has 0 spiro atoms. The lowest BCUT2D eigenvalue weighted by Gasteiger charge is -2.29. The Balaban J connectivity index is 1.96. The Morgan fingerprint density at radius 3 is 3.11 bits per heavy atom. The molecular weight excluding hydrogens is 242 g/mol. The zero-order valence-electron chi connectivity index (χ0n) is 10.5. The fourth-order valence-electron chi connectivity index (χ4n) is 2.84. The summed E-state index contributed by atoms with van der Waals surface area (Å²) in [5.41, 5.74) is 11.9. The van der Waals surface area contributed by atoms with Gasteiger partial charge in [0, 0.05) is 17.9 Å². The SMILES string of the molecule is NC(=O)Cc1ccc2c(c1)CCC1CC(=O)NN=C21. The van der Waals surface area contributed by atoms with Crippen molar-refractivity contribution >= 4 is 17.5 Å². The Morgan fingerprint density at radius 1 is 1.47 bits per heavy atom. The molecule has 1 aromatic carbocycles. The first-order valence-corrected chi connectivity index (χ1v) is 6.40. The number of benzene rings is 1. The van der Waals surface area contributed by atoms with Crippen LogP contribution in [-0.2, 0) is 22.4 Å². The maximum Gasteiger partial charge on any atom is 0.240 e. The lowest BCUT2D eigenvalue weighted by Crippen LogP contribution is -2.36. The average Bonchev–Trinajstić information content (AvgIpc) is 2.37. The number of hydrogen-bond acceptors (Lipinski definition) is 3. The fourth-order valence-corrected chi connectivity index (χ4v) is 2.84. The van der Waals surface area contributed by atoms with E-state index in [-0.39, 0.29) is 24.2 Å². The van der Waals surface area contributed by atoms with E-state index in [1.54, 1.807) is 0 Å². The summed E-state index contributed by atoms with van der Waals surface area (Å²) in [6.07, 6.45) is 2.62. The van der Waals surface area contributed by atoms with Gasteiger partial charge >= 0.3 is 0 Å². The second-order valence-corrected chi connectivity index (χ2v) is 5.11. The van der Waals surface area contributed by atoms with Crippen LogP contribution < -0.4 is 11.2 Å². The van der Waals surface area contributed by atoms with Gasteiger partial charge in [-0.1, -0.05) is 18.2 Å². The second-order valence-electron chi connectivity index (χ2n) is 5.11. The highest BCUT2D eigenvalue weighted by molar-refractivity contribution is 6.07. The highest BCUT2D eigenvalue weighted by Gasteiger charge is 2.30. The van der Waals surface area contributed by atoms with Crippen LogP contribution in [0.25, 0.3) is 0 Å². The van der Waals surface area contributed by atoms with Crippen LogP contribution in [0, 0.1) is 5.92 Å². The summed E-state index contributed by atoms with van der Waals surface area (Å²) in [5, 5.41) is 4.19. The first-order valence-electron chi connectivity index (χ1n) is 6.40. The second kappa shape index (κ2) is 4.50. The number of hydrazone groups is 1. The van der Waals surface area contributed by atoms with Crippen molar-refractivity contribution in [3.05, 3.63) is 34.9 Å². The van der Waals surface area contributed by atoms with Gasteiger partial charge in [-0.05, 0) is 24.0 Å². The minimum absolute atomic E-state index is 0.0115. The van der Waals surface area contributed by atoms with Gasteiger partial charge in [0.2, 0.25) is 11.8 Å². The van der Waals surface area contributed by atoms with Crippen LogP contribution in [-0.4, -0.2) is 17.5 Å². The number of rotatable bonds is 2. The van der Waals surface area contributed by atoms with Crippen LogP contribution in [0.2, 0.25) is 0 Å². The fraction of sp³-hybridized carbons (Fsp3) is 0.357. The minimum atomic E-state index is -0.323. The third-order valence-corrected chi connectivity index (χ3v) is 3.71. The zero-order valence-corrected chi connectivity index (χ0v) is 10.5. The van der Waals surface area contributed by atoms with Crippen molar-refractivity contribution in [2.75, 3.05) is 0 Å². The highest BCUT2D eigenvalue weighted by atomic mass is 16.2. The van der Waals surface area contributed by atoms with Crippen LogP contribution in [0.15, 0.2) is 23.3 Å². The van der Waals surface area contributed by atoms with Crippen LogP contribution in [0.3, 0.4) is 0 Å². The summed E-state index contributed by atoms with van der Waals surface area (Å²) in [6.45, 7) is 0. The molecule has 5 nitrogen and oxygen atoms in total. The topological polar surface area (TPSA) is 84.5 Å². The number of fused-ring (bicyclic) bond motifs is 3. The first kappa shape index (κ1) is 11.9. The third-order valence-electron chi connectivity index (χ3n) is 3.71. The molecule has 98 valence electrons. The predicted molar refractivity (Wildman–Crippen MR) is 70.4 cm³/mol. The number of carbonyl (C=O) groups excluding carboxylic acids is 2. The van der Waals surface area contributed by atoms with Gasteiger partial charge in [0.15, 0.2) is 0 Å². The van der Waals surface area contributed by atoms with Crippen LogP contribution >= 0.6 is 0 Å². The molecule has 0 saturated carbocycles. The molecule has 0 radical (unpaired) electrons. The lowest BCUT2D eigenvalue weighted by atomic mass is 9.79. The van der Waals surface area contributed by atoms with Gasteiger partial charge in [0.1, 0.15) is 0 Å². The Morgan fingerprint density at radius 2 is 2.32 bits per heavy atom. The number of nitrogens with zero attached hydrogens (tertiary/aromatic N) is 1. The molecule has 0 fully saturated rings. The molecule has 1 aliphatic carbocycles. The third kappa shape index (κ3) is 2.23. The Labute approximate surface area is 110 Å². The molecule has 1 unspecified atom stereocenters. The van der Waals surface area contributed by atoms with Gasteiger partial charge in [-0.2, -0.15) is 5.10 Å².